The Morgan fingerprint density at radius 1 is 1.43 bits per heavy atom. The van der Waals surface area contributed by atoms with Gasteiger partial charge in [0.15, 0.2) is 0 Å². The molecule has 6 atom stereocenters. The Bertz CT molecular complexity index is 455. The molecule has 0 aromatic rings. The summed E-state index contributed by atoms with van der Waals surface area (Å²) in [5.74, 6) is 4.26. The number of aliphatic hydroxyl groups is 1. The molecule has 0 saturated heterocycles. The Hall–Kier alpha value is -0.560. The summed E-state index contributed by atoms with van der Waals surface area (Å²) in [7, 11) is 0. The van der Waals surface area contributed by atoms with E-state index in [9.17, 15) is 5.11 Å². The molecular weight excluding hydrogens is 256 g/mol. The minimum Gasteiger partial charge on any atom is -0.386 e. The van der Waals surface area contributed by atoms with Crippen LogP contribution in [0.1, 0.15) is 59.8 Å². The molecule has 3 fully saturated rings. The molecule has 0 radical (unpaired) electrons. The van der Waals surface area contributed by atoms with Crippen LogP contribution in [0.4, 0.5) is 0 Å². The van der Waals surface area contributed by atoms with E-state index in [2.05, 4.69) is 26.5 Å². The fraction of sp³-hybridized carbons (Fsp3) is 0.800. The molecule has 118 valence electrons. The molecule has 21 heavy (non-hydrogen) atoms. The second kappa shape index (κ2) is 4.98. The number of allylic oxidation sites excluding steroid dienone is 2. The van der Waals surface area contributed by atoms with Gasteiger partial charge in [-0.15, -0.1) is 0 Å². The molecule has 6 unspecified atom stereocenters. The molecule has 3 rings (SSSR count). The molecule has 0 spiro atoms. The second-order valence-electron chi connectivity index (χ2n) is 8.83. The largest absolute Gasteiger partial charge is 0.386 e. The van der Waals surface area contributed by atoms with Gasteiger partial charge >= 0.3 is 0 Å². The van der Waals surface area contributed by atoms with Crippen molar-refractivity contribution in [1.82, 2.24) is 0 Å². The maximum absolute atomic E-state index is 9.80. The molecule has 3 aliphatic rings. The number of hydrogen-bond donors (Lipinski definition) is 1. The second-order valence-corrected chi connectivity index (χ2v) is 8.83. The molecule has 1 heteroatoms. The van der Waals surface area contributed by atoms with E-state index < -0.39 is 5.60 Å². The fourth-order valence-electron chi connectivity index (χ4n) is 5.90. The van der Waals surface area contributed by atoms with Crippen molar-refractivity contribution in [2.24, 2.45) is 35.0 Å². The molecule has 0 aliphatic heterocycles. The Kier molecular flexibility index (Phi) is 3.64. The zero-order valence-corrected chi connectivity index (χ0v) is 14.2. The topological polar surface area (TPSA) is 20.2 Å². The van der Waals surface area contributed by atoms with Crippen LogP contribution >= 0.6 is 0 Å². The number of fused-ring (bicyclic) bond motifs is 4. The van der Waals surface area contributed by atoms with Gasteiger partial charge in [0.1, 0.15) is 0 Å². The lowest BCUT2D eigenvalue weighted by Gasteiger charge is -2.57. The van der Waals surface area contributed by atoms with Gasteiger partial charge in [-0.3, -0.25) is 0 Å². The predicted molar refractivity (Wildman–Crippen MR) is 88.9 cm³/mol. The van der Waals surface area contributed by atoms with Gasteiger partial charge in [-0.05, 0) is 81.0 Å². The smallest absolute Gasteiger partial charge is 0.0771 e. The molecule has 1 N–H and O–H groups in total. The maximum atomic E-state index is 9.80. The van der Waals surface area contributed by atoms with Crippen LogP contribution in [0.25, 0.3) is 0 Å². The van der Waals surface area contributed by atoms with E-state index in [0.717, 1.165) is 36.0 Å². The number of hydrogen-bond acceptors (Lipinski definition) is 1. The van der Waals surface area contributed by atoms with Gasteiger partial charge in [-0.2, -0.15) is 0 Å². The van der Waals surface area contributed by atoms with Crippen LogP contribution in [0.2, 0.25) is 0 Å². The quantitative estimate of drug-likeness (QED) is 0.724. The minimum absolute atomic E-state index is 0.614. The van der Waals surface area contributed by atoms with Crippen molar-refractivity contribution >= 4 is 0 Å². The summed E-state index contributed by atoms with van der Waals surface area (Å²) in [4.78, 5) is 0. The minimum atomic E-state index is -0.675. The van der Waals surface area contributed by atoms with E-state index in [0.29, 0.717) is 5.41 Å². The highest BCUT2D eigenvalue weighted by molar-refractivity contribution is 5.26. The third-order valence-electron chi connectivity index (χ3n) is 6.92. The van der Waals surface area contributed by atoms with E-state index in [4.69, 9.17) is 0 Å². The Labute approximate surface area is 130 Å². The summed E-state index contributed by atoms with van der Waals surface area (Å²) in [6.45, 7) is 13.0. The van der Waals surface area contributed by atoms with Crippen molar-refractivity contribution < 1.29 is 5.11 Å². The van der Waals surface area contributed by atoms with Gasteiger partial charge in [0.2, 0.25) is 0 Å². The zero-order chi connectivity index (χ0) is 15.4. The molecule has 3 aliphatic carbocycles. The van der Waals surface area contributed by atoms with Crippen LogP contribution in [0.5, 0.6) is 0 Å². The third kappa shape index (κ3) is 2.42. The molecule has 1 nitrogen and oxygen atoms in total. The first-order chi connectivity index (χ1) is 9.74. The predicted octanol–water partition coefficient (Wildman–Crippen LogP) is 4.97. The molecule has 0 amide bonds. The molecule has 3 saturated carbocycles. The van der Waals surface area contributed by atoms with Crippen LogP contribution in [0.3, 0.4) is 0 Å². The summed E-state index contributed by atoms with van der Waals surface area (Å²) >= 11 is 0. The highest BCUT2D eigenvalue weighted by atomic mass is 16.3. The molecule has 0 aromatic heterocycles. The number of rotatable bonds is 4. The van der Waals surface area contributed by atoms with Crippen LogP contribution in [-0.2, 0) is 0 Å². The Balaban J connectivity index is 1.67. The van der Waals surface area contributed by atoms with Crippen molar-refractivity contribution in [3.63, 3.8) is 0 Å². The van der Waals surface area contributed by atoms with Gasteiger partial charge in [0.05, 0.1) is 5.60 Å². The average Bonchev–Trinajstić information content (AvgIpc) is 2.83. The first kappa shape index (κ1) is 15.3. The third-order valence-corrected chi connectivity index (χ3v) is 6.92. The lowest BCUT2D eigenvalue weighted by Crippen LogP contribution is -2.52. The van der Waals surface area contributed by atoms with Crippen LogP contribution in [-0.4, -0.2) is 10.7 Å². The van der Waals surface area contributed by atoms with Gasteiger partial charge in [0, 0.05) is 0 Å². The lowest BCUT2D eigenvalue weighted by atomic mass is 9.47. The van der Waals surface area contributed by atoms with Crippen LogP contribution in [0, 0.1) is 35.0 Å². The van der Waals surface area contributed by atoms with E-state index in [-0.39, 0.29) is 0 Å². The maximum Gasteiger partial charge on any atom is 0.0771 e. The lowest BCUT2D eigenvalue weighted by molar-refractivity contribution is -0.0781. The van der Waals surface area contributed by atoms with E-state index in [1.54, 1.807) is 5.57 Å². The molecule has 0 heterocycles. The van der Waals surface area contributed by atoms with Gasteiger partial charge in [0.25, 0.3) is 0 Å². The Morgan fingerprint density at radius 2 is 2.14 bits per heavy atom. The first-order valence-corrected chi connectivity index (χ1v) is 8.82. The monoisotopic (exact) mass is 288 g/mol. The summed E-state index contributed by atoms with van der Waals surface area (Å²) < 4.78 is 0. The molecule has 0 bridgehead atoms. The van der Waals surface area contributed by atoms with Crippen molar-refractivity contribution in [1.29, 1.82) is 0 Å². The molecular formula is C20H32O. The van der Waals surface area contributed by atoms with Gasteiger partial charge in [-0.1, -0.05) is 38.2 Å². The summed E-state index contributed by atoms with van der Waals surface area (Å²) in [6.07, 6.45) is 10.8. The Morgan fingerprint density at radius 3 is 2.81 bits per heavy atom. The molecule has 0 aromatic carbocycles. The summed E-state index contributed by atoms with van der Waals surface area (Å²) in [6, 6.07) is 0. The van der Waals surface area contributed by atoms with Crippen molar-refractivity contribution in [3.05, 3.63) is 24.3 Å². The SMILES string of the molecule is C=C1CCC2C1C1C(C(C)CC=CC(C)(C)O)CCC21C. The fourth-order valence-corrected chi connectivity index (χ4v) is 5.90. The van der Waals surface area contributed by atoms with E-state index >= 15 is 0 Å². The van der Waals surface area contributed by atoms with Crippen molar-refractivity contribution in [2.45, 2.75) is 65.4 Å². The first-order valence-electron chi connectivity index (χ1n) is 8.82. The van der Waals surface area contributed by atoms with Crippen LogP contribution < -0.4 is 0 Å². The summed E-state index contributed by atoms with van der Waals surface area (Å²) in [5, 5.41) is 9.80. The average molecular weight is 288 g/mol. The van der Waals surface area contributed by atoms with Crippen molar-refractivity contribution in [3.8, 4) is 0 Å². The van der Waals surface area contributed by atoms with E-state index in [1.807, 2.05) is 19.9 Å². The highest BCUT2D eigenvalue weighted by Crippen LogP contribution is 2.73. The van der Waals surface area contributed by atoms with Crippen LogP contribution in [0.15, 0.2) is 24.3 Å². The zero-order valence-electron chi connectivity index (χ0n) is 14.2. The normalized spacial score (nSPS) is 43.8. The standard InChI is InChI=1S/C20H32O/c1-13(7-6-11-19(3,4)21)15-10-12-20(5)16-9-8-14(2)17(16)18(15)20/h6,11,13,15-18,21H,2,7-10,12H2,1,3-5H3. The van der Waals surface area contributed by atoms with Crippen molar-refractivity contribution in [2.75, 3.05) is 0 Å². The van der Waals surface area contributed by atoms with Gasteiger partial charge in [-0.25, -0.2) is 0 Å². The summed E-state index contributed by atoms with van der Waals surface area (Å²) in [5.41, 5.74) is 1.49. The van der Waals surface area contributed by atoms with E-state index in [1.165, 1.54) is 25.7 Å². The highest BCUT2D eigenvalue weighted by Gasteiger charge is 2.66. The van der Waals surface area contributed by atoms with Gasteiger partial charge < -0.3 is 5.11 Å².